The molecule has 0 aliphatic carbocycles. The first-order valence-corrected chi connectivity index (χ1v) is 12.6. The Kier molecular flexibility index (Phi) is 8.20. The Balaban J connectivity index is 1.54. The highest BCUT2D eigenvalue weighted by molar-refractivity contribution is 7.11. The van der Waals surface area contributed by atoms with Crippen LogP contribution >= 0.6 is 11.3 Å². The average molecular weight is 493 g/mol. The number of thiazole rings is 1. The minimum Gasteiger partial charge on any atom is -0.480 e. The van der Waals surface area contributed by atoms with E-state index in [1.807, 2.05) is 37.3 Å². The predicted octanol–water partition coefficient (Wildman–Crippen LogP) is 5.76. The largest absolute Gasteiger partial charge is 0.480 e. The SMILES string of the molecule is CCC(=O)CCCCC[C@H](NC(=O)c1cncs1)c1ncc(-c2cc3ccccc3nc2OC)o1. The molecule has 0 radical (unpaired) electrons. The molecule has 0 saturated heterocycles. The molecule has 1 aromatic carbocycles. The minimum atomic E-state index is -0.417. The molecular weight excluding hydrogens is 464 g/mol. The molecular formula is C26H28N4O4S. The first-order chi connectivity index (χ1) is 17.1. The zero-order chi connectivity index (χ0) is 24.6. The van der Waals surface area contributed by atoms with Crippen LogP contribution in [0.3, 0.4) is 0 Å². The van der Waals surface area contributed by atoms with Crippen molar-refractivity contribution >= 4 is 33.9 Å². The van der Waals surface area contributed by atoms with E-state index >= 15 is 0 Å². The summed E-state index contributed by atoms with van der Waals surface area (Å²) in [6.07, 6.45) is 7.51. The molecule has 0 aliphatic heterocycles. The highest BCUT2D eigenvalue weighted by atomic mass is 32.1. The number of carbonyl (C=O) groups is 2. The van der Waals surface area contributed by atoms with Crippen LogP contribution in [0.2, 0.25) is 0 Å². The number of nitrogens with one attached hydrogen (secondary N) is 1. The van der Waals surface area contributed by atoms with Crippen molar-refractivity contribution in [2.45, 2.75) is 51.5 Å². The van der Waals surface area contributed by atoms with Crippen molar-refractivity contribution in [1.82, 2.24) is 20.3 Å². The summed E-state index contributed by atoms with van der Waals surface area (Å²) in [7, 11) is 1.57. The standard InChI is InChI=1S/C26H28N4O4S/c1-3-18(31)10-5-4-6-12-21(29-24(32)23-15-27-16-35-23)26-28-14-22(34-26)19-13-17-9-7-8-11-20(17)30-25(19)33-2/h7-9,11,13-16,21H,3-6,10,12H2,1-2H3,(H,29,32)/t21-/m0/s1. The molecule has 8 nitrogen and oxygen atoms in total. The van der Waals surface area contributed by atoms with E-state index in [1.165, 1.54) is 11.3 Å². The van der Waals surface area contributed by atoms with E-state index in [1.54, 1.807) is 25.0 Å². The molecule has 35 heavy (non-hydrogen) atoms. The predicted molar refractivity (Wildman–Crippen MR) is 134 cm³/mol. The van der Waals surface area contributed by atoms with Crippen LogP contribution in [0.5, 0.6) is 5.88 Å². The molecule has 3 aromatic heterocycles. The van der Waals surface area contributed by atoms with E-state index < -0.39 is 6.04 Å². The van der Waals surface area contributed by atoms with Crippen LogP contribution in [0.25, 0.3) is 22.2 Å². The van der Waals surface area contributed by atoms with Gasteiger partial charge in [-0.15, -0.1) is 11.3 Å². The van der Waals surface area contributed by atoms with Gasteiger partial charge in [0.2, 0.25) is 11.8 Å². The number of ketones is 1. The molecule has 9 heteroatoms. The zero-order valence-electron chi connectivity index (χ0n) is 19.8. The number of benzene rings is 1. The van der Waals surface area contributed by atoms with Gasteiger partial charge < -0.3 is 14.5 Å². The number of oxazole rings is 1. The van der Waals surface area contributed by atoms with Crippen molar-refractivity contribution in [2.75, 3.05) is 7.11 Å². The highest BCUT2D eigenvalue weighted by Gasteiger charge is 2.23. The fraction of sp³-hybridized carbons (Fsp3) is 0.346. The lowest BCUT2D eigenvalue weighted by molar-refractivity contribution is -0.118. The summed E-state index contributed by atoms with van der Waals surface area (Å²) < 4.78 is 11.7. The van der Waals surface area contributed by atoms with Gasteiger partial charge in [-0.2, -0.15) is 0 Å². The molecule has 1 amide bonds. The van der Waals surface area contributed by atoms with Gasteiger partial charge in [0, 0.05) is 18.2 Å². The molecule has 0 spiro atoms. The molecule has 0 bridgehead atoms. The van der Waals surface area contributed by atoms with Crippen molar-refractivity contribution in [3.05, 3.63) is 59.0 Å². The smallest absolute Gasteiger partial charge is 0.263 e. The van der Waals surface area contributed by atoms with Crippen LogP contribution in [0.15, 0.2) is 52.7 Å². The van der Waals surface area contributed by atoms with Gasteiger partial charge in [0.1, 0.15) is 16.7 Å². The number of amides is 1. The van der Waals surface area contributed by atoms with Gasteiger partial charge in [-0.05, 0) is 25.0 Å². The van der Waals surface area contributed by atoms with E-state index in [0.717, 1.165) is 30.2 Å². The van der Waals surface area contributed by atoms with E-state index in [4.69, 9.17) is 9.15 Å². The maximum absolute atomic E-state index is 12.7. The monoisotopic (exact) mass is 492 g/mol. The van der Waals surface area contributed by atoms with Crippen LogP contribution in [-0.4, -0.2) is 33.8 Å². The quantitative estimate of drug-likeness (QED) is 0.251. The number of aromatic nitrogens is 3. The third-order valence-corrected chi connectivity index (χ3v) is 6.55. The number of unbranched alkanes of at least 4 members (excludes halogenated alkanes) is 2. The minimum absolute atomic E-state index is 0.219. The second-order valence-electron chi connectivity index (χ2n) is 8.18. The zero-order valence-corrected chi connectivity index (χ0v) is 20.6. The molecule has 1 atom stereocenters. The number of fused-ring (bicyclic) bond motifs is 1. The second kappa shape index (κ2) is 11.7. The van der Waals surface area contributed by atoms with Crippen molar-refractivity contribution in [1.29, 1.82) is 0 Å². The van der Waals surface area contributed by atoms with Gasteiger partial charge in [-0.1, -0.05) is 38.0 Å². The average Bonchev–Trinajstić information content (AvgIpc) is 3.59. The number of ether oxygens (including phenoxy) is 1. The third kappa shape index (κ3) is 6.10. The summed E-state index contributed by atoms with van der Waals surface area (Å²) in [6.45, 7) is 1.88. The van der Waals surface area contributed by atoms with Gasteiger partial charge in [-0.25, -0.2) is 9.97 Å². The molecule has 0 aliphatic rings. The Bertz CT molecular complexity index is 1290. The normalized spacial score (nSPS) is 11.9. The summed E-state index contributed by atoms with van der Waals surface area (Å²) in [4.78, 5) is 37.9. The first-order valence-electron chi connectivity index (χ1n) is 11.7. The maximum atomic E-state index is 12.7. The summed E-state index contributed by atoms with van der Waals surface area (Å²) in [5.74, 6) is 1.43. The molecule has 182 valence electrons. The van der Waals surface area contributed by atoms with Crippen LogP contribution < -0.4 is 10.1 Å². The third-order valence-electron chi connectivity index (χ3n) is 5.77. The van der Waals surface area contributed by atoms with Crippen LogP contribution in [0, 0.1) is 0 Å². The van der Waals surface area contributed by atoms with Crippen LogP contribution in [-0.2, 0) is 4.79 Å². The number of hydrogen-bond acceptors (Lipinski definition) is 8. The Morgan fingerprint density at radius 1 is 1.17 bits per heavy atom. The van der Waals surface area contributed by atoms with E-state index in [-0.39, 0.29) is 11.7 Å². The number of nitrogens with zero attached hydrogens (tertiary/aromatic N) is 3. The van der Waals surface area contributed by atoms with E-state index in [2.05, 4.69) is 20.3 Å². The van der Waals surface area contributed by atoms with Gasteiger partial charge in [0.05, 0.1) is 36.1 Å². The molecule has 4 aromatic rings. The van der Waals surface area contributed by atoms with Crippen LogP contribution in [0.4, 0.5) is 0 Å². The van der Waals surface area contributed by atoms with Crippen molar-refractivity contribution in [3.63, 3.8) is 0 Å². The van der Waals surface area contributed by atoms with Crippen molar-refractivity contribution in [2.24, 2.45) is 0 Å². The fourth-order valence-electron chi connectivity index (χ4n) is 3.84. The van der Waals surface area contributed by atoms with E-state index in [0.29, 0.717) is 47.2 Å². The number of para-hydroxylation sites is 1. The summed E-state index contributed by atoms with van der Waals surface area (Å²) in [5.41, 5.74) is 3.14. The van der Waals surface area contributed by atoms with E-state index in [9.17, 15) is 9.59 Å². The summed E-state index contributed by atoms with van der Waals surface area (Å²) in [5, 5.41) is 3.99. The Morgan fingerprint density at radius 3 is 2.80 bits per heavy atom. The number of Topliss-reactive ketones (excluding diaryl/α,β-unsaturated/α-hetero) is 1. The fourth-order valence-corrected chi connectivity index (χ4v) is 4.37. The Labute approximate surface area is 207 Å². The number of rotatable bonds is 12. The lowest BCUT2D eigenvalue weighted by Gasteiger charge is -2.15. The van der Waals surface area contributed by atoms with Crippen molar-refractivity contribution < 1.29 is 18.7 Å². The van der Waals surface area contributed by atoms with Gasteiger partial charge in [0.25, 0.3) is 5.91 Å². The number of carbonyl (C=O) groups excluding carboxylic acids is 2. The van der Waals surface area contributed by atoms with Gasteiger partial charge in [-0.3, -0.25) is 14.6 Å². The number of methoxy groups -OCH3 is 1. The lowest BCUT2D eigenvalue weighted by Crippen LogP contribution is -2.28. The first kappa shape index (κ1) is 24.5. The topological polar surface area (TPSA) is 107 Å². The van der Waals surface area contributed by atoms with Crippen LogP contribution in [0.1, 0.15) is 67.1 Å². The molecule has 0 unspecified atom stereocenters. The lowest BCUT2D eigenvalue weighted by atomic mass is 10.0. The number of pyridine rings is 1. The highest BCUT2D eigenvalue weighted by Crippen LogP contribution is 2.33. The molecule has 0 fully saturated rings. The molecule has 4 rings (SSSR count). The van der Waals surface area contributed by atoms with Gasteiger partial charge in [0.15, 0.2) is 5.76 Å². The molecule has 1 N–H and O–H groups in total. The molecule has 0 saturated carbocycles. The summed E-state index contributed by atoms with van der Waals surface area (Å²) in [6, 6.07) is 9.32. The Hall–Kier alpha value is -3.59. The van der Waals surface area contributed by atoms with Gasteiger partial charge >= 0.3 is 0 Å². The second-order valence-corrected chi connectivity index (χ2v) is 9.07. The Morgan fingerprint density at radius 2 is 2.03 bits per heavy atom. The summed E-state index contributed by atoms with van der Waals surface area (Å²) >= 11 is 1.28. The molecule has 3 heterocycles. The maximum Gasteiger partial charge on any atom is 0.263 e. The van der Waals surface area contributed by atoms with Crippen molar-refractivity contribution in [3.8, 4) is 17.2 Å². The number of hydrogen-bond donors (Lipinski definition) is 1.